The number of likely N-dealkylation sites (N-methyl/N-ethyl adjacent to an activating group) is 1. The van der Waals surface area contributed by atoms with Crippen LogP contribution in [0.1, 0.15) is 24.8 Å². The lowest BCUT2D eigenvalue weighted by molar-refractivity contribution is -0.137. The van der Waals surface area contributed by atoms with E-state index in [0.717, 1.165) is 25.1 Å². The summed E-state index contributed by atoms with van der Waals surface area (Å²) in [4.78, 5) is 2.24. The Bertz CT molecular complexity index is 462. The van der Waals surface area contributed by atoms with Gasteiger partial charge >= 0.3 is 6.18 Å². The van der Waals surface area contributed by atoms with Gasteiger partial charge in [0.2, 0.25) is 0 Å². The number of likely N-dealkylation sites (tertiary alicyclic amines) is 1. The predicted molar refractivity (Wildman–Crippen MR) is 75.2 cm³/mol. The molecule has 1 heterocycles. The summed E-state index contributed by atoms with van der Waals surface area (Å²) in [6, 6.07) is 3.94. The largest absolute Gasteiger partial charge is 0.416 e. The van der Waals surface area contributed by atoms with Gasteiger partial charge in [0.05, 0.1) is 5.56 Å². The molecule has 1 N–H and O–H groups in total. The van der Waals surface area contributed by atoms with Crippen molar-refractivity contribution in [3.05, 3.63) is 28.8 Å². The third-order valence-electron chi connectivity index (χ3n) is 3.69. The average Bonchev–Trinajstić information content (AvgIpc) is 2.36. The van der Waals surface area contributed by atoms with Crippen LogP contribution in [-0.4, -0.2) is 31.1 Å². The van der Waals surface area contributed by atoms with Crippen LogP contribution in [0.15, 0.2) is 18.2 Å². The first-order valence-corrected chi connectivity index (χ1v) is 7.06. The minimum absolute atomic E-state index is 0.0966. The lowest BCUT2D eigenvalue weighted by atomic mass is 10.0. The number of nitrogens with one attached hydrogen (secondary N) is 1. The quantitative estimate of drug-likeness (QED) is 0.898. The molecule has 0 spiro atoms. The third kappa shape index (κ3) is 4.03. The molecule has 1 aliphatic rings. The third-order valence-corrected chi connectivity index (χ3v) is 3.91. The first kappa shape index (κ1) is 15.4. The second-order valence-electron chi connectivity index (χ2n) is 5.24. The minimum atomic E-state index is -4.37. The minimum Gasteiger partial charge on any atom is -0.383 e. The molecule has 0 amide bonds. The molecule has 1 aromatic carbocycles. The number of nitrogens with zero attached hydrogens (tertiary/aromatic N) is 1. The first-order chi connectivity index (χ1) is 9.36. The van der Waals surface area contributed by atoms with Crippen molar-refractivity contribution in [2.24, 2.45) is 0 Å². The standard InChI is InChI=1S/C14H18ClF3N2/c1-20-5-3-2-4-13(20)9-19-12-7-10(14(16,17)18)6-11(15)8-12/h6-8,13,19H,2-5,9H2,1H3. The van der Waals surface area contributed by atoms with Gasteiger partial charge in [-0.2, -0.15) is 13.2 Å². The smallest absolute Gasteiger partial charge is 0.383 e. The van der Waals surface area contributed by atoms with Crippen LogP contribution in [0, 0.1) is 0 Å². The fourth-order valence-electron chi connectivity index (χ4n) is 2.49. The van der Waals surface area contributed by atoms with Crippen LogP contribution in [0.4, 0.5) is 18.9 Å². The highest BCUT2D eigenvalue weighted by Gasteiger charge is 2.31. The fraction of sp³-hybridized carbons (Fsp3) is 0.571. The second-order valence-corrected chi connectivity index (χ2v) is 5.67. The number of halogens is 4. The molecule has 2 rings (SSSR count). The van der Waals surface area contributed by atoms with Gasteiger partial charge in [-0.1, -0.05) is 18.0 Å². The molecule has 1 atom stereocenters. The summed E-state index contributed by atoms with van der Waals surface area (Å²) in [5.74, 6) is 0. The van der Waals surface area contributed by atoms with Gasteiger partial charge in [0, 0.05) is 23.3 Å². The van der Waals surface area contributed by atoms with E-state index < -0.39 is 11.7 Å². The molecule has 6 heteroatoms. The molecule has 1 saturated heterocycles. The maximum atomic E-state index is 12.7. The molecule has 1 aromatic rings. The average molecular weight is 307 g/mol. The summed E-state index contributed by atoms with van der Waals surface area (Å²) in [5, 5.41) is 3.17. The van der Waals surface area contributed by atoms with Gasteiger partial charge in [0.1, 0.15) is 0 Å². The van der Waals surface area contributed by atoms with Crippen LogP contribution in [0.2, 0.25) is 5.02 Å². The second kappa shape index (κ2) is 6.22. The van der Waals surface area contributed by atoms with E-state index in [0.29, 0.717) is 18.3 Å². The lowest BCUT2D eigenvalue weighted by Gasteiger charge is -2.32. The van der Waals surface area contributed by atoms with E-state index in [-0.39, 0.29) is 5.02 Å². The molecule has 1 fully saturated rings. The van der Waals surface area contributed by atoms with Gasteiger partial charge in [0.15, 0.2) is 0 Å². The predicted octanol–water partition coefficient (Wildman–Crippen LogP) is 4.26. The number of piperidine rings is 1. The Morgan fingerprint density at radius 1 is 1.30 bits per heavy atom. The van der Waals surface area contributed by atoms with Gasteiger partial charge in [-0.15, -0.1) is 0 Å². The Balaban J connectivity index is 2.04. The number of hydrogen-bond donors (Lipinski definition) is 1. The molecule has 0 bridgehead atoms. The van der Waals surface area contributed by atoms with E-state index in [4.69, 9.17) is 11.6 Å². The van der Waals surface area contributed by atoms with Crippen molar-refractivity contribution in [1.29, 1.82) is 0 Å². The number of benzene rings is 1. The topological polar surface area (TPSA) is 15.3 Å². The Hall–Kier alpha value is -0.940. The van der Waals surface area contributed by atoms with Crippen LogP contribution < -0.4 is 5.32 Å². The number of rotatable bonds is 3. The zero-order valence-electron chi connectivity index (χ0n) is 11.3. The Morgan fingerprint density at radius 2 is 2.05 bits per heavy atom. The van der Waals surface area contributed by atoms with Crippen LogP contribution in [0.25, 0.3) is 0 Å². The number of alkyl halides is 3. The monoisotopic (exact) mass is 306 g/mol. The van der Waals surface area contributed by atoms with E-state index in [1.807, 2.05) is 7.05 Å². The molecule has 0 saturated carbocycles. The summed E-state index contributed by atoms with van der Waals surface area (Å²) >= 11 is 5.76. The maximum Gasteiger partial charge on any atom is 0.416 e. The van der Waals surface area contributed by atoms with Gasteiger partial charge in [-0.3, -0.25) is 0 Å². The molecular weight excluding hydrogens is 289 g/mol. The highest BCUT2D eigenvalue weighted by atomic mass is 35.5. The van der Waals surface area contributed by atoms with Gasteiger partial charge in [0.25, 0.3) is 0 Å². The number of hydrogen-bond acceptors (Lipinski definition) is 2. The molecule has 1 aliphatic heterocycles. The van der Waals surface area contributed by atoms with Crippen LogP contribution in [0.5, 0.6) is 0 Å². The molecular formula is C14H18ClF3N2. The normalized spacial score (nSPS) is 20.9. The first-order valence-electron chi connectivity index (χ1n) is 6.68. The molecule has 0 aliphatic carbocycles. The van der Waals surface area contributed by atoms with Crippen LogP contribution in [-0.2, 0) is 6.18 Å². The summed E-state index contributed by atoms with van der Waals surface area (Å²) in [5.41, 5.74) is -0.298. The van der Waals surface area contributed by atoms with E-state index in [9.17, 15) is 13.2 Å². The molecule has 2 nitrogen and oxygen atoms in total. The van der Waals surface area contributed by atoms with Gasteiger partial charge < -0.3 is 10.2 Å². The molecule has 112 valence electrons. The molecule has 0 radical (unpaired) electrons. The van der Waals surface area contributed by atoms with E-state index in [2.05, 4.69) is 10.2 Å². The summed E-state index contributed by atoms with van der Waals surface area (Å²) in [6.45, 7) is 1.67. The highest BCUT2D eigenvalue weighted by molar-refractivity contribution is 6.30. The van der Waals surface area contributed by atoms with Crippen molar-refractivity contribution in [3.63, 3.8) is 0 Å². The van der Waals surface area contributed by atoms with Crippen LogP contribution >= 0.6 is 11.6 Å². The van der Waals surface area contributed by atoms with Gasteiger partial charge in [-0.25, -0.2) is 0 Å². The lowest BCUT2D eigenvalue weighted by Crippen LogP contribution is -2.40. The van der Waals surface area contributed by atoms with E-state index in [1.54, 1.807) is 0 Å². The summed E-state index contributed by atoms with van der Waals surface area (Å²) in [6.07, 6.45) is -0.957. The highest BCUT2D eigenvalue weighted by Crippen LogP contribution is 2.33. The Kier molecular flexibility index (Phi) is 4.81. The van der Waals surface area contributed by atoms with Crippen molar-refractivity contribution in [2.75, 3.05) is 25.5 Å². The van der Waals surface area contributed by atoms with E-state index >= 15 is 0 Å². The summed E-state index contributed by atoms with van der Waals surface area (Å²) < 4.78 is 38.1. The van der Waals surface area contributed by atoms with Gasteiger partial charge in [-0.05, 0) is 44.6 Å². The SMILES string of the molecule is CN1CCCCC1CNc1cc(Cl)cc(C(F)(F)F)c1. The fourth-order valence-corrected chi connectivity index (χ4v) is 2.73. The molecule has 20 heavy (non-hydrogen) atoms. The zero-order chi connectivity index (χ0) is 14.8. The van der Waals surface area contributed by atoms with Crippen LogP contribution in [0.3, 0.4) is 0 Å². The summed E-state index contributed by atoms with van der Waals surface area (Å²) in [7, 11) is 2.05. The Labute approximate surface area is 121 Å². The van der Waals surface area contributed by atoms with Crippen molar-refractivity contribution >= 4 is 17.3 Å². The van der Waals surface area contributed by atoms with Crippen molar-refractivity contribution in [3.8, 4) is 0 Å². The van der Waals surface area contributed by atoms with Crippen molar-refractivity contribution in [1.82, 2.24) is 4.90 Å². The van der Waals surface area contributed by atoms with Crippen molar-refractivity contribution in [2.45, 2.75) is 31.5 Å². The number of anilines is 1. The molecule has 0 aromatic heterocycles. The zero-order valence-corrected chi connectivity index (χ0v) is 12.1. The molecule has 1 unspecified atom stereocenters. The van der Waals surface area contributed by atoms with Crippen molar-refractivity contribution < 1.29 is 13.2 Å². The van der Waals surface area contributed by atoms with E-state index in [1.165, 1.54) is 18.9 Å². The maximum absolute atomic E-state index is 12.7. The Morgan fingerprint density at radius 3 is 2.70 bits per heavy atom.